The molecule has 0 unspecified atom stereocenters. The van der Waals surface area contributed by atoms with Crippen LogP contribution in [0.1, 0.15) is 0 Å². The molecule has 8 nitrogen and oxygen atoms in total. The van der Waals surface area contributed by atoms with Crippen molar-refractivity contribution in [3.8, 4) is 5.88 Å². The highest BCUT2D eigenvalue weighted by Gasteiger charge is 2.29. The van der Waals surface area contributed by atoms with Crippen LogP contribution in [0.4, 0.5) is 10.5 Å². The van der Waals surface area contributed by atoms with Crippen LogP contribution >= 0.6 is 0 Å². The first-order chi connectivity index (χ1) is 12.2. The van der Waals surface area contributed by atoms with Gasteiger partial charge in [0.1, 0.15) is 11.6 Å². The number of carbonyl (C=O) groups excluding carboxylic acids is 1. The Balaban J connectivity index is 1.33. The van der Waals surface area contributed by atoms with E-state index in [0.29, 0.717) is 24.9 Å². The summed E-state index contributed by atoms with van der Waals surface area (Å²) >= 11 is 0. The summed E-state index contributed by atoms with van der Waals surface area (Å²) in [6.45, 7) is 4.11. The Labute approximate surface area is 145 Å². The molecule has 2 saturated heterocycles. The number of pyridine rings is 2. The van der Waals surface area contributed by atoms with Crippen LogP contribution in [0, 0.1) is 5.92 Å². The number of aromatic nitrogens is 2. The Morgan fingerprint density at radius 3 is 3.00 bits per heavy atom. The van der Waals surface area contributed by atoms with Crippen molar-refractivity contribution in [2.45, 2.75) is 6.10 Å². The molecule has 0 aliphatic carbocycles. The predicted octanol–water partition coefficient (Wildman–Crippen LogP) is 0.773. The zero-order chi connectivity index (χ0) is 17.2. The molecule has 132 valence electrons. The molecule has 2 aliphatic rings. The summed E-state index contributed by atoms with van der Waals surface area (Å²) in [6, 6.07) is 5.76. The Kier molecular flexibility index (Phi) is 4.27. The topological polar surface area (TPSA) is 88.6 Å². The van der Waals surface area contributed by atoms with E-state index in [-0.39, 0.29) is 12.2 Å². The summed E-state index contributed by atoms with van der Waals surface area (Å²) < 4.78 is 10.3. The van der Waals surface area contributed by atoms with Gasteiger partial charge in [-0.3, -0.25) is 4.98 Å². The molecule has 2 aromatic rings. The minimum atomic E-state index is -0.325. The maximum Gasteiger partial charge on any atom is 0.407 e. The second-order valence-corrected chi connectivity index (χ2v) is 6.39. The molecule has 2 N–H and O–H groups in total. The molecule has 2 fully saturated rings. The smallest absolute Gasteiger partial charge is 0.407 e. The van der Waals surface area contributed by atoms with Gasteiger partial charge in [-0.15, -0.1) is 0 Å². The van der Waals surface area contributed by atoms with Gasteiger partial charge in [0.25, 0.3) is 0 Å². The van der Waals surface area contributed by atoms with Crippen LogP contribution in [0.2, 0.25) is 0 Å². The minimum Gasteiger partial charge on any atom is -0.481 e. The average Bonchev–Trinajstić information content (AvgIpc) is 3.01. The van der Waals surface area contributed by atoms with Gasteiger partial charge >= 0.3 is 6.09 Å². The summed E-state index contributed by atoms with van der Waals surface area (Å²) in [5, 5.41) is 6.04. The highest BCUT2D eigenvalue weighted by molar-refractivity contribution is 5.88. The van der Waals surface area contributed by atoms with Crippen LogP contribution in [0.15, 0.2) is 24.4 Å². The second kappa shape index (κ2) is 6.72. The van der Waals surface area contributed by atoms with E-state index in [2.05, 4.69) is 25.5 Å². The van der Waals surface area contributed by atoms with E-state index in [4.69, 9.17) is 9.47 Å². The molecule has 8 heteroatoms. The van der Waals surface area contributed by atoms with E-state index in [1.54, 1.807) is 7.11 Å². The van der Waals surface area contributed by atoms with Gasteiger partial charge in [0.05, 0.1) is 24.9 Å². The van der Waals surface area contributed by atoms with Crippen molar-refractivity contribution in [3.63, 3.8) is 0 Å². The van der Waals surface area contributed by atoms with Crippen LogP contribution in [0.5, 0.6) is 5.88 Å². The first-order valence-corrected chi connectivity index (χ1v) is 8.43. The SMILES string of the molecule is COc1ccc2nccc(N3CC(CNC[C@H]4CNC(=O)O4)C3)c2n1. The van der Waals surface area contributed by atoms with Crippen LogP contribution < -0.4 is 20.3 Å². The monoisotopic (exact) mass is 343 g/mol. The molecule has 2 aromatic heterocycles. The number of nitrogens with one attached hydrogen (secondary N) is 2. The number of methoxy groups -OCH3 is 1. The highest BCUT2D eigenvalue weighted by atomic mass is 16.6. The fraction of sp³-hybridized carbons (Fsp3) is 0.471. The van der Waals surface area contributed by atoms with Gasteiger partial charge in [0.15, 0.2) is 0 Å². The Hall–Kier alpha value is -2.61. The molecule has 0 spiro atoms. The summed E-state index contributed by atoms with van der Waals surface area (Å²) in [7, 11) is 1.62. The number of nitrogens with zero attached hydrogens (tertiary/aromatic N) is 3. The van der Waals surface area contributed by atoms with Crippen molar-refractivity contribution >= 4 is 22.8 Å². The van der Waals surface area contributed by atoms with Gasteiger partial charge in [0, 0.05) is 44.4 Å². The summed E-state index contributed by atoms with van der Waals surface area (Å²) in [6.07, 6.45) is 1.43. The number of ether oxygens (including phenoxy) is 2. The van der Waals surface area contributed by atoms with Crippen molar-refractivity contribution in [3.05, 3.63) is 24.4 Å². The lowest BCUT2D eigenvalue weighted by Gasteiger charge is -2.41. The maximum absolute atomic E-state index is 11.0. The van der Waals surface area contributed by atoms with Gasteiger partial charge in [0.2, 0.25) is 5.88 Å². The number of carbonyl (C=O) groups is 1. The molecule has 2 aliphatic heterocycles. The van der Waals surface area contributed by atoms with Crippen LogP contribution in [-0.4, -0.2) is 62.0 Å². The van der Waals surface area contributed by atoms with Crippen molar-refractivity contribution in [2.75, 3.05) is 44.7 Å². The predicted molar refractivity (Wildman–Crippen MR) is 92.9 cm³/mol. The zero-order valence-corrected chi connectivity index (χ0v) is 14.1. The summed E-state index contributed by atoms with van der Waals surface area (Å²) in [5.74, 6) is 1.17. The third kappa shape index (κ3) is 3.30. The van der Waals surface area contributed by atoms with E-state index in [1.807, 2.05) is 24.4 Å². The largest absolute Gasteiger partial charge is 0.481 e. The van der Waals surface area contributed by atoms with E-state index in [1.165, 1.54) is 0 Å². The number of anilines is 1. The van der Waals surface area contributed by atoms with Gasteiger partial charge in [-0.25, -0.2) is 9.78 Å². The molecule has 25 heavy (non-hydrogen) atoms. The number of cyclic esters (lactones) is 1. The third-order valence-corrected chi connectivity index (χ3v) is 4.60. The zero-order valence-electron chi connectivity index (χ0n) is 14.1. The van der Waals surface area contributed by atoms with Gasteiger partial charge < -0.3 is 25.0 Å². The molecule has 0 radical (unpaired) electrons. The van der Waals surface area contributed by atoms with Crippen LogP contribution in [0.25, 0.3) is 11.0 Å². The molecular formula is C17H21N5O3. The number of rotatable bonds is 6. The first-order valence-electron chi connectivity index (χ1n) is 8.43. The average molecular weight is 343 g/mol. The quantitative estimate of drug-likeness (QED) is 0.801. The van der Waals surface area contributed by atoms with E-state index < -0.39 is 0 Å². The minimum absolute atomic E-state index is 0.0653. The number of amides is 1. The van der Waals surface area contributed by atoms with E-state index in [0.717, 1.165) is 36.4 Å². The molecule has 4 heterocycles. The molecule has 0 bridgehead atoms. The van der Waals surface area contributed by atoms with Crippen molar-refractivity contribution < 1.29 is 14.3 Å². The van der Waals surface area contributed by atoms with Gasteiger partial charge in [-0.05, 0) is 12.1 Å². The van der Waals surface area contributed by atoms with E-state index in [9.17, 15) is 4.79 Å². The van der Waals surface area contributed by atoms with Crippen molar-refractivity contribution in [2.24, 2.45) is 5.92 Å². The number of fused-ring (bicyclic) bond motifs is 1. The maximum atomic E-state index is 11.0. The molecule has 0 saturated carbocycles. The Morgan fingerprint density at radius 1 is 1.36 bits per heavy atom. The van der Waals surface area contributed by atoms with Crippen molar-refractivity contribution in [1.82, 2.24) is 20.6 Å². The third-order valence-electron chi connectivity index (χ3n) is 4.60. The molecule has 1 amide bonds. The Morgan fingerprint density at radius 2 is 2.24 bits per heavy atom. The molecular weight excluding hydrogens is 322 g/mol. The lowest BCUT2D eigenvalue weighted by molar-refractivity contribution is 0.138. The standard InChI is InChI=1S/C17H21N5O3/c1-24-15-3-2-13-16(21-15)14(4-5-19-13)22-9-11(10-22)6-18-7-12-8-20-17(23)25-12/h2-5,11-12,18H,6-10H2,1H3,(H,20,23)/t12-/m0/s1. The summed E-state index contributed by atoms with van der Waals surface area (Å²) in [4.78, 5) is 22.2. The van der Waals surface area contributed by atoms with Crippen LogP contribution in [0.3, 0.4) is 0 Å². The fourth-order valence-corrected chi connectivity index (χ4v) is 3.25. The lowest BCUT2D eigenvalue weighted by atomic mass is 9.99. The van der Waals surface area contributed by atoms with Crippen LogP contribution in [-0.2, 0) is 4.74 Å². The van der Waals surface area contributed by atoms with E-state index >= 15 is 0 Å². The lowest BCUT2D eigenvalue weighted by Crippen LogP contribution is -2.51. The number of hydrogen-bond acceptors (Lipinski definition) is 7. The molecule has 0 aromatic carbocycles. The fourth-order valence-electron chi connectivity index (χ4n) is 3.25. The number of hydrogen-bond donors (Lipinski definition) is 2. The van der Waals surface area contributed by atoms with Crippen molar-refractivity contribution in [1.29, 1.82) is 0 Å². The Bertz CT molecular complexity index is 778. The normalized spacial score (nSPS) is 20.3. The highest BCUT2D eigenvalue weighted by Crippen LogP contribution is 2.30. The summed E-state index contributed by atoms with van der Waals surface area (Å²) in [5.41, 5.74) is 2.83. The second-order valence-electron chi connectivity index (χ2n) is 6.39. The first kappa shape index (κ1) is 15.9. The number of alkyl carbamates (subject to hydrolysis) is 1. The molecule has 1 atom stereocenters. The van der Waals surface area contributed by atoms with Gasteiger partial charge in [-0.2, -0.15) is 0 Å². The van der Waals surface area contributed by atoms with Gasteiger partial charge in [-0.1, -0.05) is 0 Å². The molecule has 4 rings (SSSR count).